The highest BCUT2D eigenvalue weighted by Gasteiger charge is 2.34. The predicted molar refractivity (Wildman–Crippen MR) is 201 cm³/mol. The molecular weight excluding hydrogens is 620 g/mol. The van der Waals surface area contributed by atoms with Crippen molar-refractivity contribution in [3.05, 3.63) is 169 Å². The molecule has 1 N–H and O–H groups in total. The lowest BCUT2D eigenvalue weighted by atomic mass is 10.1. The van der Waals surface area contributed by atoms with Gasteiger partial charge in [0.05, 0.1) is 33.3 Å². The smallest absolute Gasteiger partial charge is 0.357 e. The number of allylic oxidation sites excluding steroid dienone is 2. The molecule has 0 bridgehead atoms. The number of carboxylic acid groups (broad SMARTS) is 1. The minimum Gasteiger partial charge on any atom is -0.476 e. The quantitative estimate of drug-likeness (QED) is 0.183. The number of anilines is 1. The van der Waals surface area contributed by atoms with Crippen molar-refractivity contribution >= 4 is 73.0 Å². The van der Waals surface area contributed by atoms with Gasteiger partial charge in [0.15, 0.2) is 5.71 Å². The van der Waals surface area contributed by atoms with E-state index in [9.17, 15) is 14.7 Å². The van der Waals surface area contributed by atoms with E-state index in [4.69, 9.17) is 0 Å². The van der Waals surface area contributed by atoms with Crippen LogP contribution in [0.3, 0.4) is 0 Å². The standard InChI is InChI=1S/C43H28N4O3/c48-42-35(41(43(49)50)44-47(42)31-12-2-1-3-13-31)17-10-11-28-21-26-40-36(27-28)34-16-6-9-20-39(34)46(40)30-24-22-29(23-25-30)45-37-18-7-4-14-32(37)33-15-5-8-19-38(33)45/h1-27H,(H,49,50)/b11-10+,35-17-. The van der Waals surface area contributed by atoms with E-state index in [0.717, 1.165) is 43.8 Å². The molecule has 238 valence electrons. The van der Waals surface area contributed by atoms with E-state index in [-0.39, 0.29) is 11.3 Å². The maximum atomic E-state index is 13.2. The van der Waals surface area contributed by atoms with Crippen LogP contribution in [0.5, 0.6) is 0 Å². The van der Waals surface area contributed by atoms with Crippen LogP contribution in [0.1, 0.15) is 5.56 Å². The van der Waals surface area contributed by atoms with Gasteiger partial charge in [-0.15, -0.1) is 0 Å². The number of aliphatic carboxylic acids is 1. The minimum absolute atomic E-state index is 0.0274. The van der Waals surface area contributed by atoms with Crippen LogP contribution in [-0.2, 0) is 9.59 Å². The van der Waals surface area contributed by atoms with Gasteiger partial charge in [-0.3, -0.25) is 4.79 Å². The van der Waals surface area contributed by atoms with Crippen LogP contribution in [0.4, 0.5) is 5.69 Å². The number of hydrazone groups is 1. The summed E-state index contributed by atoms with van der Waals surface area (Å²) in [5.41, 5.74) is 7.81. The van der Waals surface area contributed by atoms with Crippen molar-refractivity contribution < 1.29 is 14.7 Å². The van der Waals surface area contributed by atoms with Crippen molar-refractivity contribution in [1.29, 1.82) is 0 Å². The Labute approximate surface area is 286 Å². The number of carbonyl (C=O) groups excluding carboxylic acids is 1. The second-order valence-electron chi connectivity index (χ2n) is 12.2. The van der Waals surface area contributed by atoms with Gasteiger partial charge in [-0.05, 0) is 78.4 Å². The molecule has 1 aliphatic rings. The monoisotopic (exact) mass is 648 g/mol. The van der Waals surface area contributed by atoms with Crippen molar-refractivity contribution in [2.45, 2.75) is 0 Å². The van der Waals surface area contributed by atoms with Crippen molar-refractivity contribution in [3.8, 4) is 11.4 Å². The normalized spacial score (nSPS) is 14.2. The SMILES string of the molecule is O=C(O)C1=NN(c2ccccc2)C(=O)/C1=C\C=C\c1ccc2c(c1)c1ccccc1n2-c1ccc(-n2c3ccccc3c3ccccc32)cc1. The summed E-state index contributed by atoms with van der Waals surface area (Å²) in [6.07, 6.45) is 5.09. The molecule has 0 aliphatic carbocycles. The Morgan fingerprint density at radius 3 is 1.62 bits per heavy atom. The molecule has 0 saturated carbocycles. The van der Waals surface area contributed by atoms with E-state index < -0.39 is 11.9 Å². The third kappa shape index (κ3) is 4.64. The summed E-state index contributed by atoms with van der Waals surface area (Å²) < 4.78 is 4.60. The minimum atomic E-state index is -1.26. The Bertz CT molecular complexity index is 2700. The molecule has 2 aromatic heterocycles. The number of hydrogen-bond acceptors (Lipinski definition) is 3. The topological polar surface area (TPSA) is 79.8 Å². The van der Waals surface area contributed by atoms with Crippen LogP contribution >= 0.6 is 0 Å². The fourth-order valence-corrected chi connectivity index (χ4v) is 7.05. The number of rotatable bonds is 6. The Morgan fingerprint density at radius 1 is 0.560 bits per heavy atom. The third-order valence-electron chi connectivity index (χ3n) is 9.28. The Kier molecular flexibility index (Phi) is 6.77. The van der Waals surface area contributed by atoms with Gasteiger partial charge in [0.2, 0.25) is 0 Å². The Hall–Kier alpha value is -6.99. The number of hydrogen-bond donors (Lipinski definition) is 1. The van der Waals surface area contributed by atoms with Crippen molar-refractivity contribution in [1.82, 2.24) is 9.13 Å². The van der Waals surface area contributed by atoms with Crippen LogP contribution in [0.25, 0.3) is 61.1 Å². The zero-order chi connectivity index (χ0) is 33.8. The first-order chi connectivity index (χ1) is 24.6. The van der Waals surface area contributed by atoms with E-state index in [0.29, 0.717) is 5.69 Å². The average molecular weight is 649 g/mol. The molecule has 6 aromatic carbocycles. The van der Waals surface area contributed by atoms with Gasteiger partial charge in [-0.1, -0.05) is 91.0 Å². The summed E-state index contributed by atoms with van der Waals surface area (Å²) in [5.74, 6) is -1.74. The lowest BCUT2D eigenvalue weighted by molar-refractivity contribution is -0.129. The van der Waals surface area contributed by atoms with E-state index in [1.165, 1.54) is 27.9 Å². The summed E-state index contributed by atoms with van der Waals surface area (Å²) in [5, 5.41) is 19.7. The first kappa shape index (κ1) is 29.2. The molecule has 7 heteroatoms. The summed E-state index contributed by atoms with van der Waals surface area (Å²) in [4.78, 5) is 25.1. The van der Waals surface area contributed by atoms with Gasteiger partial charge < -0.3 is 14.2 Å². The fraction of sp³-hybridized carbons (Fsp3) is 0. The number of aromatic nitrogens is 2. The largest absolute Gasteiger partial charge is 0.476 e. The Balaban J connectivity index is 1.08. The zero-order valence-corrected chi connectivity index (χ0v) is 26.6. The van der Waals surface area contributed by atoms with Crippen LogP contribution in [0.15, 0.2) is 168 Å². The molecular formula is C43H28N4O3. The maximum Gasteiger partial charge on any atom is 0.357 e. The second-order valence-corrected chi connectivity index (χ2v) is 12.2. The van der Waals surface area contributed by atoms with Gasteiger partial charge in [-0.2, -0.15) is 10.1 Å². The predicted octanol–water partition coefficient (Wildman–Crippen LogP) is 9.31. The fourth-order valence-electron chi connectivity index (χ4n) is 7.05. The van der Waals surface area contributed by atoms with Gasteiger partial charge in [0, 0.05) is 32.9 Å². The lowest BCUT2D eigenvalue weighted by Crippen LogP contribution is -2.22. The molecule has 0 radical (unpaired) electrons. The highest BCUT2D eigenvalue weighted by molar-refractivity contribution is 6.52. The van der Waals surface area contributed by atoms with Crippen molar-refractivity contribution in [2.24, 2.45) is 5.10 Å². The van der Waals surface area contributed by atoms with Gasteiger partial charge in [0.1, 0.15) is 0 Å². The molecule has 0 saturated heterocycles. The third-order valence-corrected chi connectivity index (χ3v) is 9.28. The molecule has 0 atom stereocenters. The number of nitrogens with zero attached hydrogens (tertiary/aromatic N) is 4. The number of carbonyl (C=O) groups is 2. The highest BCUT2D eigenvalue weighted by Crippen LogP contribution is 2.35. The Morgan fingerprint density at radius 2 is 1.06 bits per heavy atom. The highest BCUT2D eigenvalue weighted by atomic mass is 16.4. The van der Waals surface area contributed by atoms with Crippen LogP contribution in [0, 0.1) is 0 Å². The summed E-state index contributed by atoms with van der Waals surface area (Å²) >= 11 is 0. The summed E-state index contributed by atoms with van der Waals surface area (Å²) in [6, 6.07) is 49.1. The molecule has 9 rings (SSSR count). The zero-order valence-electron chi connectivity index (χ0n) is 26.6. The first-order valence-corrected chi connectivity index (χ1v) is 16.3. The van der Waals surface area contributed by atoms with Gasteiger partial charge >= 0.3 is 5.97 Å². The molecule has 1 amide bonds. The molecule has 0 fully saturated rings. The molecule has 0 spiro atoms. The first-order valence-electron chi connectivity index (χ1n) is 16.3. The van der Waals surface area contributed by atoms with Crippen LogP contribution < -0.4 is 5.01 Å². The number of benzene rings is 6. The maximum absolute atomic E-state index is 13.2. The van der Waals surface area contributed by atoms with E-state index in [2.05, 4.69) is 117 Å². The van der Waals surface area contributed by atoms with Gasteiger partial charge in [-0.25, -0.2) is 4.79 Å². The van der Waals surface area contributed by atoms with E-state index in [1.54, 1.807) is 30.3 Å². The number of fused-ring (bicyclic) bond motifs is 6. The van der Waals surface area contributed by atoms with Crippen molar-refractivity contribution in [2.75, 3.05) is 5.01 Å². The van der Waals surface area contributed by atoms with Crippen molar-refractivity contribution in [3.63, 3.8) is 0 Å². The average Bonchev–Trinajstić information content (AvgIpc) is 3.79. The summed E-state index contributed by atoms with van der Waals surface area (Å²) in [7, 11) is 0. The molecule has 8 aromatic rings. The van der Waals surface area contributed by atoms with Crippen LogP contribution in [-0.4, -0.2) is 31.8 Å². The van der Waals surface area contributed by atoms with Gasteiger partial charge in [0.25, 0.3) is 5.91 Å². The summed E-state index contributed by atoms with van der Waals surface area (Å²) in [6.45, 7) is 0. The van der Waals surface area contributed by atoms with Crippen LogP contribution in [0.2, 0.25) is 0 Å². The molecule has 50 heavy (non-hydrogen) atoms. The molecule has 0 unspecified atom stereocenters. The molecule has 3 heterocycles. The second kappa shape index (κ2) is 11.6. The molecule has 1 aliphatic heterocycles. The van der Waals surface area contributed by atoms with E-state index in [1.807, 2.05) is 24.3 Å². The number of amides is 1. The number of para-hydroxylation sites is 4. The molecule has 7 nitrogen and oxygen atoms in total. The van der Waals surface area contributed by atoms with E-state index >= 15 is 0 Å². The number of carboxylic acids is 1. The lowest BCUT2D eigenvalue weighted by Gasteiger charge is -2.11.